The second kappa shape index (κ2) is 8.85. The predicted molar refractivity (Wildman–Crippen MR) is 112 cm³/mol. The Kier molecular flexibility index (Phi) is 6.02. The largest absolute Gasteiger partial charge is 0.280 e. The zero-order chi connectivity index (χ0) is 20.2. The lowest BCUT2D eigenvalue weighted by atomic mass is 10.0. The molecular weight excluding hydrogens is 366 g/mol. The van der Waals surface area contributed by atoms with Crippen molar-refractivity contribution in [3.8, 4) is 0 Å². The topological polar surface area (TPSA) is 6.48 Å². The third-order valence-electron chi connectivity index (χ3n) is 5.53. The SMILES string of the molecule is Cc1ccc(CN2CCCN(Cc3ccc(F)cc3)[C@H]2c2cccc(F)c2)cc1. The van der Waals surface area contributed by atoms with E-state index in [1.54, 1.807) is 12.1 Å². The first kappa shape index (κ1) is 19.7. The molecule has 0 spiro atoms. The van der Waals surface area contributed by atoms with E-state index in [1.807, 2.05) is 18.2 Å². The molecule has 1 aliphatic heterocycles. The van der Waals surface area contributed by atoms with Crippen LogP contribution in [0.5, 0.6) is 0 Å². The van der Waals surface area contributed by atoms with Crippen LogP contribution in [0.25, 0.3) is 0 Å². The highest BCUT2D eigenvalue weighted by Gasteiger charge is 2.31. The number of nitrogens with zero attached hydrogens (tertiary/aromatic N) is 2. The molecule has 150 valence electrons. The minimum absolute atomic E-state index is 0.0224. The molecule has 1 atom stereocenters. The highest BCUT2D eigenvalue weighted by atomic mass is 19.1. The van der Waals surface area contributed by atoms with Gasteiger partial charge in [0.15, 0.2) is 0 Å². The van der Waals surface area contributed by atoms with Crippen molar-refractivity contribution in [1.29, 1.82) is 0 Å². The van der Waals surface area contributed by atoms with Gasteiger partial charge in [0, 0.05) is 26.2 Å². The molecule has 1 heterocycles. The van der Waals surface area contributed by atoms with Crippen LogP contribution in [0.2, 0.25) is 0 Å². The van der Waals surface area contributed by atoms with Crippen molar-refractivity contribution < 1.29 is 8.78 Å². The highest BCUT2D eigenvalue weighted by Crippen LogP contribution is 2.32. The molecule has 0 saturated carbocycles. The van der Waals surface area contributed by atoms with Crippen LogP contribution in [0.1, 0.15) is 34.8 Å². The Morgan fingerprint density at radius 1 is 0.759 bits per heavy atom. The molecule has 0 N–H and O–H groups in total. The van der Waals surface area contributed by atoms with E-state index in [0.717, 1.165) is 37.2 Å². The molecule has 3 aromatic carbocycles. The van der Waals surface area contributed by atoms with Crippen LogP contribution in [0.15, 0.2) is 72.8 Å². The van der Waals surface area contributed by atoms with E-state index in [0.29, 0.717) is 6.54 Å². The van der Waals surface area contributed by atoms with Crippen molar-refractivity contribution in [3.63, 3.8) is 0 Å². The molecule has 0 amide bonds. The first-order chi connectivity index (χ1) is 14.1. The first-order valence-corrected chi connectivity index (χ1v) is 10.1. The third-order valence-corrected chi connectivity index (χ3v) is 5.53. The van der Waals surface area contributed by atoms with Crippen molar-refractivity contribution in [2.24, 2.45) is 0 Å². The van der Waals surface area contributed by atoms with Gasteiger partial charge in [-0.25, -0.2) is 8.78 Å². The maximum atomic E-state index is 14.0. The quantitative estimate of drug-likeness (QED) is 0.551. The first-order valence-electron chi connectivity index (χ1n) is 10.1. The van der Waals surface area contributed by atoms with Gasteiger partial charge in [0.1, 0.15) is 11.6 Å². The van der Waals surface area contributed by atoms with Gasteiger partial charge in [0.25, 0.3) is 0 Å². The fraction of sp³-hybridized carbons (Fsp3) is 0.280. The summed E-state index contributed by atoms with van der Waals surface area (Å²) in [4.78, 5) is 4.77. The molecule has 0 unspecified atom stereocenters. The molecule has 0 aliphatic carbocycles. The number of halogens is 2. The number of rotatable bonds is 5. The summed E-state index contributed by atoms with van der Waals surface area (Å²) in [5, 5.41) is 0. The maximum absolute atomic E-state index is 14.0. The van der Waals surface area contributed by atoms with E-state index in [-0.39, 0.29) is 17.8 Å². The second-order valence-electron chi connectivity index (χ2n) is 7.84. The van der Waals surface area contributed by atoms with Crippen LogP contribution in [0.4, 0.5) is 8.78 Å². The average Bonchev–Trinajstić information content (AvgIpc) is 2.72. The van der Waals surface area contributed by atoms with Crippen LogP contribution in [0.3, 0.4) is 0 Å². The molecule has 29 heavy (non-hydrogen) atoms. The molecule has 3 aromatic rings. The van der Waals surface area contributed by atoms with Gasteiger partial charge in [-0.05, 0) is 54.3 Å². The zero-order valence-corrected chi connectivity index (χ0v) is 16.7. The van der Waals surface area contributed by atoms with Crippen molar-refractivity contribution in [2.75, 3.05) is 13.1 Å². The Morgan fingerprint density at radius 3 is 1.93 bits per heavy atom. The molecule has 4 heteroatoms. The van der Waals surface area contributed by atoms with E-state index in [9.17, 15) is 8.78 Å². The zero-order valence-electron chi connectivity index (χ0n) is 16.7. The lowest BCUT2D eigenvalue weighted by Crippen LogP contribution is -2.46. The van der Waals surface area contributed by atoms with Gasteiger partial charge in [0.05, 0.1) is 6.17 Å². The van der Waals surface area contributed by atoms with Crippen LogP contribution < -0.4 is 0 Å². The summed E-state index contributed by atoms with van der Waals surface area (Å²) in [6.07, 6.45) is 1.02. The summed E-state index contributed by atoms with van der Waals surface area (Å²) in [6.45, 7) is 5.47. The minimum atomic E-state index is -0.227. The molecule has 1 saturated heterocycles. The van der Waals surface area contributed by atoms with Gasteiger partial charge in [-0.15, -0.1) is 0 Å². The summed E-state index contributed by atoms with van der Waals surface area (Å²) in [6, 6.07) is 22.1. The van der Waals surface area contributed by atoms with E-state index in [4.69, 9.17) is 0 Å². The molecule has 0 aromatic heterocycles. The summed E-state index contributed by atoms with van der Waals surface area (Å²) in [7, 11) is 0. The lowest BCUT2D eigenvalue weighted by molar-refractivity contribution is -0.00925. The second-order valence-corrected chi connectivity index (χ2v) is 7.84. The molecule has 1 aliphatic rings. The molecule has 2 nitrogen and oxygen atoms in total. The van der Waals surface area contributed by atoms with Gasteiger partial charge >= 0.3 is 0 Å². The Morgan fingerprint density at radius 2 is 1.34 bits per heavy atom. The number of benzene rings is 3. The highest BCUT2D eigenvalue weighted by molar-refractivity contribution is 5.24. The summed E-state index contributed by atoms with van der Waals surface area (Å²) < 4.78 is 27.4. The molecule has 4 rings (SSSR count). The Labute approximate surface area is 171 Å². The third kappa shape index (κ3) is 4.89. The Balaban J connectivity index is 1.63. The smallest absolute Gasteiger partial charge is 0.123 e. The van der Waals surface area contributed by atoms with Crippen molar-refractivity contribution in [1.82, 2.24) is 9.80 Å². The minimum Gasteiger partial charge on any atom is -0.280 e. The fourth-order valence-electron chi connectivity index (χ4n) is 4.12. The van der Waals surface area contributed by atoms with Gasteiger partial charge in [-0.3, -0.25) is 9.80 Å². The average molecular weight is 392 g/mol. The number of aryl methyl sites for hydroxylation is 1. The molecule has 1 fully saturated rings. The van der Waals surface area contributed by atoms with Crippen molar-refractivity contribution >= 4 is 0 Å². The molecule has 0 bridgehead atoms. The number of hydrogen-bond donors (Lipinski definition) is 0. The molecule has 0 radical (unpaired) electrons. The summed E-state index contributed by atoms with van der Waals surface area (Å²) in [5.74, 6) is -0.444. The van der Waals surface area contributed by atoms with Gasteiger partial charge in [-0.2, -0.15) is 0 Å². The Bertz CT molecular complexity index is 882. The van der Waals surface area contributed by atoms with Crippen LogP contribution in [0, 0.1) is 18.6 Å². The normalized spacial score (nSPS) is 18.1. The predicted octanol–water partition coefficient (Wildman–Crippen LogP) is 5.68. The van der Waals surface area contributed by atoms with Crippen molar-refractivity contribution in [3.05, 3.63) is 107 Å². The standard InChI is InChI=1S/C25H26F2N2/c1-19-6-8-20(9-7-19)17-28-14-3-15-29(18-21-10-12-23(26)13-11-21)25(28)22-4-2-5-24(27)16-22/h2,4-13,16,25H,3,14-15,17-18H2,1H3/t25-/m0/s1. The van der Waals surface area contributed by atoms with Crippen LogP contribution in [-0.4, -0.2) is 22.9 Å². The summed E-state index contributed by atoms with van der Waals surface area (Å²) >= 11 is 0. The van der Waals surface area contributed by atoms with E-state index >= 15 is 0 Å². The molecular formula is C25H26F2N2. The number of hydrogen-bond acceptors (Lipinski definition) is 2. The van der Waals surface area contributed by atoms with Crippen LogP contribution >= 0.6 is 0 Å². The van der Waals surface area contributed by atoms with Gasteiger partial charge in [-0.1, -0.05) is 54.1 Å². The fourth-order valence-corrected chi connectivity index (χ4v) is 4.12. The van der Waals surface area contributed by atoms with E-state index in [2.05, 4.69) is 41.0 Å². The Hall–Kier alpha value is -2.56. The van der Waals surface area contributed by atoms with Gasteiger partial charge in [0.2, 0.25) is 0 Å². The monoisotopic (exact) mass is 392 g/mol. The summed E-state index contributed by atoms with van der Waals surface area (Å²) in [5.41, 5.74) is 4.51. The maximum Gasteiger partial charge on any atom is 0.123 e. The van der Waals surface area contributed by atoms with E-state index in [1.165, 1.54) is 29.3 Å². The van der Waals surface area contributed by atoms with Crippen LogP contribution in [-0.2, 0) is 13.1 Å². The van der Waals surface area contributed by atoms with E-state index < -0.39 is 0 Å². The van der Waals surface area contributed by atoms with Crippen molar-refractivity contribution in [2.45, 2.75) is 32.6 Å². The van der Waals surface area contributed by atoms with Gasteiger partial charge < -0.3 is 0 Å². The lowest BCUT2D eigenvalue weighted by Gasteiger charge is -2.44.